The monoisotopic (exact) mass is 468 g/mol. The fourth-order valence-corrected chi connectivity index (χ4v) is 4.00. The van der Waals surface area contributed by atoms with Crippen LogP contribution in [0.5, 0.6) is 0 Å². The summed E-state index contributed by atoms with van der Waals surface area (Å²) in [7, 11) is 0. The van der Waals surface area contributed by atoms with Crippen LogP contribution in [0.3, 0.4) is 0 Å². The summed E-state index contributed by atoms with van der Waals surface area (Å²) < 4.78 is 0.852. The number of amides is 1. The van der Waals surface area contributed by atoms with E-state index in [1.165, 1.54) is 11.8 Å². The molecule has 5 nitrogen and oxygen atoms in total. The van der Waals surface area contributed by atoms with Gasteiger partial charge in [0.25, 0.3) is 5.91 Å². The Morgan fingerprint density at radius 1 is 1.27 bits per heavy atom. The number of hydrazone groups is 1. The third-order valence-electron chi connectivity index (χ3n) is 4.02. The maximum Gasteiger partial charge on any atom is 0.276 e. The van der Waals surface area contributed by atoms with Crippen molar-refractivity contribution in [1.29, 1.82) is 0 Å². The van der Waals surface area contributed by atoms with E-state index in [9.17, 15) is 4.79 Å². The van der Waals surface area contributed by atoms with Gasteiger partial charge in [-0.05, 0) is 30.5 Å². The fraction of sp³-hybridized carbons (Fsp3) is 0.118. The molecule has 2 aliphatic rings. The molecule has 1 N–H and O–H groups in total. The van der Waals surface area contributed by atoms with Crippen LogP contribution in [0.1, 0.15) is 11.7 Å². The summed E-state index contributed by atoms with van der Waals surface area (Å²) in [6.45, 7) is 0. The van der Waals surface area contributed by atoms with Gasteiger partial charge < -0.3 is 0 Å². The fourth-order valence-electron chi connectivity index (χ4n) is 2.87. The average molecular weight is 470 g/mol. The minimum Gasteiger partial charge on any atom is -0.298 e. The van der Waals surface area contributed by atoms with Crippen LogP contribution in [0.15, 0.2) is 51.0 Å². The summed E-state index contributed by atoms with van der Waals surface area (Å²) in [6, 6.07) is 11.0. The largest absolute Gasteiger partial charge is 0.298 e. The molecule has 2 aromatic carbocycles. The van der Waals surface area contributed by atoms with E-state index in [-0.39, 0.29) is 5.91 Å². The minimum atomic E-state index is -0.585. The Morgan fingerprint density at radius 2 is 2.08 bits per heavy atom. The van der Waals surface area contributed by atoms with Crippen LogP contribution in [0.25, 0.3) is 5.70 Å². The SMILES string of the molecule is CSC1=NN2C(=c3cc(Br)ccc3=N[C@H]2c2cccc(Cl)c2Cl)C(=O)N1. The molecule has 26 heavy (non-hydrogen) atoms. The second kappa shape index (κ2) is 6.88. The lowest BCUT2D eigenvalue weighted by Gasteiger charge is -2.34. The summed E-state index contributed by atoms with van der Waals surface area (Å²) >= 11 is 17.4. The topological polar surface area (TPSA) is 57.1 Å². The number of rotatable bonds is 1. The van der Waals surface area contributed by atoms with Gasteiger partial charge in [-0.2, -0.15) is 0 Å². The van der Waals surface area contributed by atoms with Crippen LogP contribution >= 0.6 is 50.9 Å². The molecule has 0 saturated carbocycles. The standard InChI is InChI=1S/C17H11BrCl2N4OS/c1-26-17-22-16(25)14-10-7-8(18)5-6-12(10)21-15(24(14)23-17)9-3-2-4-11(19)13(9)20/h2-7,15H,1H3,(H,22,23,25)/t15-/m1/s1. The number of hydrogen-bond acceptors (Lipinski definition) is 5. The van der Waals surface area contributed by atoms with E-state index in [2.05, 4.69) is 26.3 Å². The molecule has 2 aromatic rings. The molecule has 2 aliphatic heterocycles. The van der Waals surface area contributed by atoms with Crippen LogP contribution in [0, 0.1) is 0 Å². The third-order valence-corrected chi connectivity index (χ3v) is 5.92. The summed E-state index contributed by atoms with van der Waals surface area (Å²) in [4.78, 5) is 17.6. The molecule has 0 spiro atoms. The lowest BCUT2D eigenvalue weighted by Crippen LogP contribution is -2.50. The summed E-state index contributed by atoms with van der Waals surface area (Å²) in [6.07, 6.45) is 1.26. The van der Waals surface area contributed by atoms with Gasteiger partial charge in [-0.1, -0.05) is 63.0 Å². The highest BCUT2D eigenvalue weighted by atomic mass is 79.9. The van der Waals surface area contributed by atoms with E-state index >= 15 is 0 Å². The summed E-state index contributed by atoms with van der Waals surface area (Å²) in [5.41, 5.74) is 1.11. The molecule has 132 valence electrons. The number of nitrogens with zero attached hydrogens (tertiary/aromatic N) is 3. The first-order chi connectivity index (χ1) is 12.5. The first-order valence-corrected chi connectivity index (χ1v) is 10.3. The number of carbonyl (C=O) groups excluding carboxylic acids is 1. The smallest absolute Gasteiger partial charge is 0.276 e. The van der Waals surface area contributed by atoms with Crippen LogP contribution in [0.4, 0.5) is 0 Å². The van der Waals surface area contributed by atoms with E-state index < -0.39 is 6.17 Å². The number of halogens is 3. The molecule has 0 unspecified atom stereocenters. The van der Waals surface area contributed by atoms with Gasteiger partial charge in [-0.3, -0.25) is 15.1 Å². The highest BCUT2D eigenvalue weighted by Crippen LogP contribution is 2.37. The van der Waals surface area contributed by atoms with Crippen molar-refractivity contribution in [1.82, 2.24) is 10.3 Å². The highest BCUT2D eigenvalue weighted by molar-refractivity contribution is 9.10. The van der Waals surface area contributed by atoms with Gasteiger partial charge in [0, 0.05) is 15.3 Å². The van der Waals surface area contributed by atoms with Crippen molar-refractivity contribution < 1.29 is 4.79 Å². The zero-order valence-corrected chi connectivity index (χ0v) is 17.2. The van der Waals surface area contributed by atoms with Crippen molar-refractivity contribution in [3.63, 3.8) is 0 Å². The Labute approximate surface area is 171 Å². The second-order valence-electron chi connectivity index (χ2n) is 5.56. The Morgan fingerprint density at radius 3 is 2.85 bits per heavy atom. The number of thioether (sulfide) groups is 1. The molecule has 1 amide bonds. The van der Waals surface area contributed by atoms with Crippen molar-refractivity contribution in [3.8, 4) is 0 Å². The Bertz CT molecular complexity index is 1090. The van der Waals surface area contributed by atoms with Gasteiger partial charge in [-0.15, -0.1) is 5.10 Å². The van der Waals surface area contributed by atoms with Gasteiger partial charge in [0.1, 0.15) is 5.70 Å². The molecular formula is C17H11BrCl2N4OS. The minimum absolute atomic E-state index is 0.234. The molecular weight excluding hydrogens is 459 g/mol. The maximum atomic E-state index is 12.8. The van der Waals surface area contributed by atoms with Crippen molar-refractivity contribution in [2.24, 2.45) is 10.1 Å². The first kappa shape index (κ1) is 17.9. The molecule has 0 aromatic heterocycles. The predicted octanol–water partition coefficient (Wildman–Crippen LogP) is 3.26. The number of benzene rings is 2. The third kappa shape index (κ3) is 2.93. The van der Waals surface area contributed by atoms with Crippen LogP contribution in [0.2, 0.25) is 10.0 Å². The Kier molecular flexibility index (Phi) is 4.73. The predicted molar refractivity (Wildman–Crippen MR) is 108 cm³/mol. The van der Waals surface area contributed by atoms with Crippen molar-refractivity contribution >= 4 is 67.7 Å². The molecule has 0 saturated heterocycles. The van der Waals surface area contributed by atoms with Crippen LogP contribution in [-0.4, -0.2) is 22.3 Å². The molecule has 0 aliphatic carbocycles. The molecule has 4 rings (SSSR count). The summed E-state index contributed by atoms with van der Waals surface area (Å²) in [5.74, 6) is -0.234. The normalized spacial score (nSPS) is 18.5. The number of fused-ring (bicyclic) bond motifs is 2. The van der Waals surface area contributed by atoms with Crippen LogP contribution < -0.4 is 15.9 Å². The van der Waals surface area contributed by atoms with Gasteiger partial charge in [-0.25, -0.2) is 5.01 Å². The van der Waals surface area contributed by atoms with Gasteiger partial charge >= 0.3 is 0 Å². The zero-order chi connectivity index (χ0) is 18.4. The van der Waals surface area contributed by atoms with Crippen molar-refractivity contribution in [2.75, 3.05) is 6.26 Å². The summed E-state index contributed by atoms with van der Waals surface area (Å²) in [5, 5.41) is 11.7. The zero-order valence-electron chi connectivity index (χ0n) is 13.3. The molecule has 2 heterocycles. The van der Waals surface area contributed by atoms with E-state index in [0.717, 1.165) is 4.47 Å². The van der Waals surface area contributed by atoms with E-state index in [1.807, 2.05) is 30.5 Å². The van der Waals surface area contributed by atoms with Gasteiger partial charge in [0.15, 0.2) is 11.3 Å². The Hall–Kier alpha value is -1.54. The van der Waals surface area contributed by atoms with Crippen molar-refractivity contribution in [3.05, 3.63) is 67.1 Å². The number of carbonyl (C=O) groups is 1. The lowest BCUT2D eigenvalue weighted by molar-refractivity contribution is -0.116. The quantitative estimate of drug-likeness (QED) is 0.697. The maximum absolute atomic E-state index is 12.8. The number of nitrogens with one attached hydrogen (secondary N) is 1. The van der Waals surface area contributed by atoms with E-state index in [0.29, 0.717) is 37.0 Å². The average Bonchev–Trinajstić information content (AvgIpc) is 2.63. The van der Waals surface area contributed by atoms with Gasteiger partial charge in [0.05, 0.1) is 15.4 Å². The molecule has 1 atom stereocenters. The second-order valence-corrected chi connectivity index (χ2v) is 8.06. The van der Waals surface area contributed by atoms with Crippen molar-refractivity contribution in [2.45, 2.75) is 6.17 Å². The first-order valence-electron chi connectivity index (χ1n) is 7.54. The number of amidine groups is 1. The molecule has 9 heteroatoms. The van der Waals surface area contributed by atoms with E-state index in [4.69, 9.17) is 28.2 Å². The molecule has 0 fully saturated rings. The number of hydrogen-bond donors (Lipinski definition) is 1. The molecule has 0 bridgehead atoms. The van der Waals surface area contributed by atoms with E-state index in [1.54, 1.807) is 17.1 Å². The highest BCUT2D eigenvalue weighted by Gasteiger charge is 2.35. The lowest BCUT2D eigenvalue weighted by atomic mass is 10.1. The molecule has 0 radical (unpaired) electrons. The van der Waals surface area contributed by atoms with Crippen LogP contribution in [-0.2, 0) is 4.79 Å². The Balaban J connectivity index is 2.04. The van der Waals surface area contributed by atoms with Gasteiger partial charge in [0.2, 0.25) is 0 Å².